The van der Waals surface area contributed by atoms with E-state index in [-0.39, 0.29) is 18.0 Å². The molecule has 2 atom stereocenters. The molecule has 0 radical (unpaired) electrons. The van der Waals surface area contributed by atoms with Crippen molar-refractivity contribution in [2.24, 2.45) is 0 Å². The number of nitrogens with one attached hydrogen (secondary N) is 1. The van der Waals surface area contributed by atoms with E-state index >= 15 is 0 Å². The quantitative estimate of drug-likeness (QED) is 0.848. The Hall–Kier alpha value is -2.19. The van der Waals surface area contributed by atoms with Crippen LogP contribution in [0.25, 0.3) is 0 Å². The summed E-state index contributed by atoms with van der Waals surface area (Å²) in [7, 11) is -3.52. The minimum atomic E-state index is -3.52. The van der Waals surface area contributed by atoms with Crippen molar-refractivity contribution in [3.63, 3.8) is 0 Å². The highest BCUT2D eigenvalue weighted by molar-refractivity contribution is 7.89. The molecule has 2 fully saturated rings. The first kappa shape index (κ1) is 18.2. The number of nitrogens with zero attached hydrogens (tertiary/aromatic N) is 2. The molecule has 1 N–H and O–H groups in total. The molecule has 1 aliphatic carbocycles. The van der Waals surface area contributed by atoms with Crippen LogP contribution in [-0.4, -0.2) is 42.4 Å². The van der Waals surface area contributed by atoms with Crippen molar-refractivity contribution in [1.29, 1.82) is 0 Å². The Morgan fingerprint density at radius 3 is 2.63 bits per heavy atom. The van der Waals surface area contributed by atoms with Gasteiger partial charge in [-0.2, -0.15) is 4.31 Å². The highest BCUT2D eigenvalue weighted by atomic mass is 32.2. The molecule has 144 valence electrons. The lowest BCUT2D eigenvalue weighted by molar-refractivity contribution is 0.0905. The number of carbonyl (C=O) groups is 1. The summed E-state index contributed by atoms with van der Waals surface area (Å²) in [5.74, 6) is 0.921. The number of piperidine rings is 1. The molecule has 2 aliphatic rings. The number of hydrogen-bond donors (Lipinski definition) is 1. The van der Waals surface area contributed by atoms with Gasteiger partial charge in [-0.05, 0) is 44.7 Å². The average Bonchev–Trinajstić information content (AvgIpc) is 3.39. The number of amides is 1. The van der Waals surface area contributed by atoms with Crippen molar-refractivity contribution in [2.45, 2.75) is 55.5 Å². The van der Waals surface area contributed by atoms with Gasteiger partial charge in [0, 0.05) is 30.6 Å². The van der Waals surface area contributed by atoms with Gasteiger partial charge < -0.3 is 9.84 Å². The molecule has 1 amide bonds. The monoisotopic (exact) mass is 389 g/mol. The van der Waals surface area contributed by atoms with Crippen LogP contribution in [0.5, 0.6) is 0 Å². The van der Waals surface area contributed by atoms with E-state index in [4.69, 9.17) is 4.52 Å². The Balaban J connectivity index is 1.38. The minimum absolute atomic E-state index is 0.0872. The van der Waals surface area contributed by atoms with E-state index < -0.39 is 10.0 Å². The lowest BCUT2D eigenvalue weighted by Gasteiger charge is -2.36. The van der Waals surface area contributed by atoms with E-state index in [0.717, 1.165) is 18.6 Å². The standard InChI is InChI=1S/C19H23N3O4S/c1-13-11-15(20-19(23)17-12-18(26-21-17)14-7-8-14)9-10-22(13)27(24,25)16-5-3-2-4-6-16/h2-6,12-15H,7-11H2,1H3,(H,20,23)/t13-,15-/m0/s1. The van der Waals surface area contributed by atoms with Crippen molar-refractivity contribution in [1.82, 2.24) is 14.8 Å². The van der Waals surface area contributed by atoms with E-state index in [9.17, 15) is 13.2 Å². The molecule has 1 saturated carbocycles. The van der Waals surface area contributed by atoms with Gasteiger partial charge >= 0.3 is 0 Å². The average molecular weight is 389 g/mol. The van der Waals surface area contributed by atoms with E-state index in [1.165, 1.54) is 4.31 Å². The SMILES string of the molecule is C[C@H]1C[C@@H](NC(=O)c2cc(C3CC3)on2)CCN1S(=O)(=O)c1ccccc1. The predicted octanol–water partition coefficient (Wildman–Crippen LogP) is 2.52. The van der Waals surface area contributed by atoms with Crippen LogP contribution in [0.15, 0.2) is 45.8 Å². The number of rotatable bonds is 5. The highest BCUT2D eigenvalue weighted by Gasteiger charge is 2.35. The van der Waals surface area contributed by atoms with Crippen LogP contribution in [0.4, 0.5) is 0 Å². The van der Waals surface area contributed by atoms with Crippen molar-refractivity contribution in [2.75, 3.05) is 6.54 Å². The molecule has 8 heteroatoms. The number of carbonyl (C=O) groups excluding carboxylic acids is 1. The third-order valence-electron chi connectivity index (χ3n) is 5.24. The van der Waals surface area contributed by atoms with Crippen molar-refractivity contribution in [3.8, 4) is 0 Å². The summed E-state index contributed by atoms with van der Waals surface area (Å²) in [6.07, 6.45) is 3.30. The van der Waals surface area contributed by atoms with E-state index in [1.807, 2.05) is 6.92 Å². The van der Waals surface area contributed by atoms with Crippen LogP contribution in [0.2, 0.25) is 0 Å². The fourth-order valence-electron chi connectivity index (χ4n) is 3.58. The molecule has 1 saturated heterocycles. The Kier molecular flexibility index (Phi) is 4.77. The fourth-order valence-corrected chi connectivity index (χ4v) is 5.26. The second-order valence-electron chi connectivity index (χ2n) is 7.36. The number of aromatic nitrogens is 1. The molecule has 0 unspecified atom stereocenters. The summed E-state index contributed by atoms with van der Waals surface area (Å²) in [5.41, 5.74) is 0.295. The molecule has 2 aromatic rings. The number of hydrogen-bond acceptors (Lipinski definition) is 5. The Morgan fingerprint density at radius 2 is 1.96 bits per heavy atom. The smallest absolute Gasteiger partial charge is 0.273 e. The molecular formula is C19H23N3O4S. The first-order valence-electron chi connectivity index (χ1n) is 9.29. The zero-order chi connectivity index (χ0) is 19.0. The lowest BCUT2D eigenvalue weighted by Crippen LogP contribution is -2.50. The summed E-state index contributed by atoms with van der Waals surface area (Å²) in [5, 5.41) is 6.83. The summed E-state index contributed by atoms with van der Waals surface area (Å²) in [6, 6.07) is 9.88. The maximum atomic E-state index is 12.8. The van der Waals surface area contributed by atoms with Crippen LogP contribution in [-0.2, 0) is 10.0 Å². The van der Waals surface area contributed by atoms with Gasteiger partial charge in [0.25, 0.3) is 5.91 Å². The second kappa shape index (κ2) is 7.09. The summed E-state index contributed by atoms with van der Waals surface area (Å²) in [4.78, 5) is 12.7. The topological polar surface area (TPSA) is 92.5 Å². The Morgan fingerprint density at radius 1 is 1.22 bits per heavy atom. The normalized spacial score (nSPS) is 23.9. The minimum Gasteiger partial charge on any atom is -0.360 e. The highest BCUT2D eigenvalue weighted by Crippen LogP contribution is 2.40. The maximum absolute atomic E-state index is 12.8. The summed E-state index contributed by atoms with van der Waals surface area (Å²) in [6.45, 7) is 2.25. The van der Waals surface area contributed by atoms with Crippen molar-refractivity contribution < 1.29 is 17.7 Å². The molecule has 0 spiro atoms. The van der Waals surface area contributed by atoms with E-state index in [0.29, 0.717) is 35.9 Å². The number of sulfonamides is 1. The molecule has 1 aromatic carbocycles. The summed E-state index contributed by atoms with van der Waals surface area (Å²) >= 11 is 0. The van der Waals surface area contributed by atoms with Crippen molar-refractivity contribution in [3.05, 3.63) is 47.9 Å². The molecular weight excluding hydrogens is 366 g/mol. The van der Waals surface area contributed by atoms with E-state index in [2.05, 4.69) is 10.5 Å². The third-order valence-corrected chi connectivity index (χ3v) is 7.27. The molecule has 0 bridgehead atoms. The molecule has 7 nitrogen and oxygen atoms in total. The molecule has 4 rings (SSSR count). The van der Waals surface area contributed by atoms with Gasteiger partial charge in [-0.1, -0.05) is 23.4 Å². The van der Waals surface area contributed by atoms with Crippen LogP contribution >= 0.6 is 0 Å². The maximum Gasteiger partial charge on any atom is 0.273 e. The molecule has 27 heavy (non-hydrogen) atoms. The van der Waals surface area contributed by atoms with Gasteiger partial charge in [0.05, 0.1) is 4.90 Å². The molecule has 2 heterocycles. The lowest BCUT2D eigenvalue weighted by atomic mass is 10.0. The van der Waals surface area contributed by atoms with Crippen LogP contribution in [0.1, 0.15) is 54.8 Å². The van der Waals surface area contributed by atoms with Gasteiger partial charge in [0.1, 0.15) is 5.76 Å². The zero-order valence-electron chi connectivity index (χ0n) is 15.2. The Bertz CT molecular complexity index is 921. The van der Waals surface area contributed by atoms with Crippen LogP contribution in [0.3, 0.4) is 0 Å². The largest absolute Gasteiger partial charge is 0.360 e. The second-order valence-corrected chi connectivity index (χ2v) is 9.25. The van der Waals surface area contributed by atoms with Gasteiger partial charge in [0.15, 0.2) is 5.69 Å². The van der Waals surface area contributed by atoms with Crippen molar-refractivity contribution >= 4 is 15.9 Å². The fraction of sp³-hybridized carbons (Fsp3) is 0.474. The first-order valence-corrected chi connectivity index (χ1v) is 10.7. The van der Waals surface area contributed by atoms with Gasteiger partial charge in [-0.3, -0.25) is 4.79 Å². The summed E-state index contributed by atoms with van der Waals surface area (Å²) < 4.78 is 32.4. The van der Waals surface area contributed by atoms with E-state index in [1.54, 1.807) is 36.4 Å². The van der Waals surface area contributed by atoms with Gasteiger partial charge in [0.2, 0.25) is 10.0 Å². The first-order chi connectivity index (χ1) is 12.9. The van der Waals surface area contributed by atoms with Gasteiger partial charge in [-0.15, -0.1) is 0 Å². The number of benzene rings is 1. The van der Waals surface area contributed by atoms with Gasteiger partial charge in [-0.25, -0.2) is 8.42 Å². The zero-order valence-corrected chi connectivity index (χ0v) is 16.0. The predicted molar refractivity (Wildman–Crippen MR) is 98.8 cm³/mol. The van der Waals surface area contributed by atoms with Crippen LogP contribution in [0, 0.1) is 0 Å². The molecule has 1 aliphatic heterocycles. The third kappa shape index (κ3) is 3.77. The molecule has 1 aromatic heterocycles. The Labute approximate surface area is 158 Å². The van der Waals surface area contributed by atoms with Crippen LogP contribution < -0.4 is 5.32 Å².